The predicted octanol–water partition coefficient (Wildman–Crippen LogP) is 0.884. The zero-order valence-electron chi connectivity index (χ0n) is 11.2. The fraction of sp³-hybridized carbons (Fsp3) is 0.818. The first kappa shape index (κ1) is 16.5. The van der Waals surface area contributed by atoms with E-state index in [-0.39, 0.29) is 6.10 Å². The molecular formula is C11H22N2O5. The van der Waals surface area contributed by atoms with Gasteiger partial charge in [-0.25, -0.2) is 9.59 Å². The quantitative estimate of drug-likeness (QED) is 0.678. The van der Waals surface area contributed by atoms with Gasteiger partial charge in [-0.3, -0.25) is 0 Å². The summed E-state index contributed by atoms with van der Waals surface area (Å²) in [4.78, 5) is 22.1. The second-order valence-electron chi connectivity index (χ2n) is 3.40. The van der Waals surface area contributed by atoms with E-state index in [0.29, 0.717) is 32.7 Å². The number of hydrogen-bond donors (Lipinski definition) is 2. The van der Waals surface area contributed by atoms with Gasteiger partial charge in [0.05, 0.1) is 19.3 Å². The normalized spacial score (nSPS) is 11.5. The van der Waals surface area contributed by atoms with E-state index in [4.69, 9.17) is 14.2 Å². The molecule has 7 heteroatoms. The molecule has 0 aromatic rings. The molecular weight excluding hydrogens is 240 g/mol. The number of hydrogen-bond acceptors (Lipinski definition) is 5. The molecule has 0 aromatic carbocycles. The third kappa shape index (κ3) is 8.63. The number of alkyl carbamates (subject to hydrolysis) is 2. The lowest BCUT2D eigenvalue weighted by molar-refractivity contribution is 0.0878. The molecule has 106 valence electrons. The van der Waals surface area contributed by atoms with E-state index >= 15 is 0 Å². The van der Waals surface area contributed by atoms with Gasteiger partial charge in [-0.05, 0) is 20.3 Å². The van der Waals surface area contributed by atoms with Gasteiger partial charge in [-0.2, -0.15) is 0 Å². The number of amides is 2. The molecule has 0 saturated heterocycles. The molecule has 0 spiro atoms. The summed E-state index contributed by atoms with van der Waals surface area (Å²) in [5.41, 5.74) is 0. The lowest BCUT2D eigenvalue weighted by Crippen LogP contribution is -2.36. The van der Waals surface area contributed by atoms with E-state index in [0.717, 1.165) is 0 Å². The summed E-state index contributed by atoms with van der Waals surface area (Å²) >= 11 is 0. The Labute approximate surface area is 107 Å². The van der Waals surface area contributed by atoms with Gasteiger partial charge in [-0.1, -0.05) is 0 Å². The van der Waals surface area contributed by atoms with Crippen molar-refractivity contribution >= 4 is 12.2 Å². The molecule has 1 atom stereocenters. The van der Waals surface area contributed by atoms with Crippen molar-refractivity contribution < 1.29 is 23.8 Å². The van der Waals surface area contributed by atoms with Crippen LogP contribution in [0.15, 0.2) is 0 Å². The number of rotatable bonds is 8. The van der Waals surface area contributed by atoms with Gasteiger partial charge in [0.15, 0.2) is 0 Å². The highest BCUT2D eigenvalue weighted by molar-refractivity contribution is 5.67. The van der Waals surface area contributed by atoms with Gasteiger partial charge in [0.1, 0.15) is 0 Å². The molecule has 7 nitrogen and oxygen atoms in total. The van der Waals surface area contributed by atoms with Crippen LogP contribution in [0.1, 0.15) is 20.3 Å². The monoisotopic (exact) mass is 262 g/mol. The average molecular weight is 262 g/mol. The Morgan fingerprint density at radius 3 is 2.11 bits per heavy atom. The fourth-order valence-electron chi connectivity index (χ4n) is 1.20. The van der Waals surface area contributed by atoms with Crippen molar-refractivity contribution in [2.45, 2.75) is 26.4 Å². The minimum atomic E-state index is -0.474. The van der Waals surface area contributed by atoms with Crippen LogP contribution in [-0.2, 0) is 14.2 Å². The Kier molecular flexibility index (Phi) is 9.75. The Morgan fingerprint density at radius 2 is 1.61 bits per heavy atom. The minimum absolute atomic E-state index is 0.184. The van der Waals surface area contributed by atoms with Crippen LogP contribution < -0.4 is 10.6 Å². The first-order chi connectivity index (χ1) is 8.63. The molecule has 2 N–H and O–H groups in total. The summed E-state index contributed by atoms with van der Waals surface area (Å²) < 4.78 is 14.6. The van der Waals surface area contributed by atoms with Crippen molar-refractivity contribution in [3.8, 4) is 0 Å². The van der Waals surface area contributed by atoms with Crippen LogP contribution in [0.25, 0.3) is 0 Å². The number of methoxy groups -OCH3 is 1. The smallest absolute Gasteiger partial charge is 0.407 e. The Balaban J connectivity index is 3.70. The fourth-order valence-corrected chi connectivity index (χ4v) is 1.20. The van der Waals surface area contributed by atoms with Crippen LogP contribution >= 0.6 is 0 Å². The molecule has 0 fully saturated rings. The number of nitrogens with one attached hydrogen (secondary N) is 2. The van der Waals surface area contributed by atoms with E-state index in [1.54, 1.807) is 21.0 Å². The van der Waals surface area contributed by atoms with Crippen molar-refractivity contribution in [3.63, 3.8) is 0 Å². The van der Waals surface area contributed by atoms with Gasteiger partial charge >= 0.3 is 12.2 Å². The molecule has 2 amide bonds. The second kappa shape index (κ2) is 10.6. The molecule has 0 unspecified atom stereocenters. The van der Waals surface area contributed by atoms with Gasteiger partial charge in [0.25, 0.3) is 0 Å². The van der Waals surface area contributed by atoms with Crippen LogP contribution in [0.4, 0.5) is 9.59 Å². The lowest BCUT2D eigenvalue weighted by atomic mass is 10.2. The molecule has 0 aliphatic rings. The zero-order chi connectivity index (χ0) is 13.8. The van der Waals surface area contributed by atoms with Crippen LogP contribution in [0.2, 0.25) is 0 Å². The predicted molar refractivity (Wildman–Crippen MR) is 65.5 cm³/mol. The van der Waals surface area contributed by atoms with E-state index in [1.165, 1.54) is 0 Å². The molecule has 0 heterocycles. The molecule has 0 saturated carbocycles. The summed E-state index contributed by atoms with van der Waals surface area (Å²) in [7, 11) is 1.54. The maximum absolute atomic E-state index is 11.1. The van der Waals surface area contributed by atoms with E-state index in [2.05, 4.69) is 10.6 Å². The summed E-state index contributed by atoms with van der Waals surface area (Å²) in [6.45, 7) is 4.89. The Bertz CT molecular complexity index is 248. The second-order valence-corrected chi connectivity index (χ2v) is 3.40. The van der Waals surface area contributed by atoms with E-state index in [9.17, 15) is 9.59 Å². The highest BCUT2D eigenvalue weighted by Gasteiger charge is 2.10. The molecule has 0 rings (SSSR count). The summed E-state index contributed by atoms with van der Waals surface area (Å²) in [6.07, 6.45) is -0.540. The first-order valence-electron chi connectivity index (χ1n) is 5.98. The van der Waals surface area contributed by atoms with Crippen LogP contribution in [0.5, 0.6) is 0 Å². The maximum atomic E-state index is 11.1. The van der Waals surface area contributed by atoms with Gasteiger partial charge in [0.2, 0.25) is 0 Å². The molecule has 18 heavy (non-hydrogen) atoms. The number of ether oxygens (including phenoxy) is 3. The van der Waals surface area contributed by atoms with Crippen LogP contribution in [0.3, 0.4) is 0 Å². The van der Waals surface area contributed by atoms with Gasteiger partial charge in [-0.15, -0.1) is 0 Å². The SMILES string of the molecule is CCOC(=O)NCC[C@H](CNC(=O)OCC)OC. The minimum Gasteiger partial charge on any atom is -0.450 e. The van der Waals surface area contributed by atoms with Crippen LogP contribution in [0, 0.1) is 0 Å². The molecule has 0 radical (unpaired) electrons. The van der Waals surface area contributed by atoms with Crippen molar-refractivity contribution in [2.75, 3.05) is 33.4 Å². The molecule has 0 aromatic heterocycles. The maximum Gasteiger partial charge on any atom is 0.407 e. The largest absolute Gasteiger partial charge is 0.450 e. The standard InChI is InChI=1S/C11H22N2O5/c1-4-17-10(14)12-7-6-9(16-3)8-13-11(15)18-5-2/h9H,4-8H2,1-3H3,(H,12,14)(H,13,15)/t9-/m1/s1. The molecule has 0 aliphatic heterocycles. The lowest BCUT2D eigenvalue weighted by Gasteiger charge is -2.16. The van der Waals surface area contributed by atoms with Gasteiger partial charge in [0, 0.05) is 20.2 Å². The topological polar surface area (TPSA) is 85.9 Å². The summed E-state index contributed by atoms with van der Waals surface area (Å²) in [6, 6.07) is 0. The summed E-state index contributed by atoms with van der Waals surface area (Å²) in [5, 5.41) is 5.14. The highest BCUT2D eigenvalue weighted by Crippen LogP contribution is 1.95. The molecule has 0 bridgehead atoms. The average Bonchev–Trinajstić information content (AvgIpc) is 2.34. The van der Waals surface area contributed by atoms with Crippen molar-refractivity contribution in [1.29, 1.82) is 0 Å². The van der Waals surface area contributed by atoms with E-state index in [1.807, 2.05) is 0 Å². The van der Waals surface area contributed by atoms with Crippen molar-refractivity contribution in [2.24, 2.45) is 0 Å². The number of carbonyl (C=O) groups excluding carboxylic acids is 2. The third-order valence-corrected chi connectivity index (χ3v) is 2.09. The molecule has 0 aliphatic carbocycles. The van der Waals surface area contributed by atoms with Crippen LogP contribution in [-0.4, -0.2) is 51.7 Å². The van der Waals surface area contributed by atoms with E-state index < -0.39 is 12.2 Å². The highest BCUT2D eigenvalue weighted by atomic mass is 16.6. The van der Waals surface area contributed by atoms with Crippen molar-refractivity contribution in [1.82, 2.24) is 10.6 Å². The Morgan fingerprint density at radius 1 is 1.06 bits per heavy atom. The Hall–Kier alpha value is -1.50. The third-order valence-electron chi connectivity index (χ3n) is 2.09. The van der Waals surface area contributed by atoms with Crippen molar-refractivity contribution in [3.05, 3.63) is 0 Å². The number of carbonyl (C=O) groups is 2. The van der Waals surface area contributed by atoms with Gasteiger partial charge < -0.3 is 24.8 Å². The summed E-state index contributed by atoms with van der Waals surface area (Å²) in [5.74, 6) is 0. The first-order valence-corrected chi connectivity index (χ1v) is 5.98. The zero-order valence-corrected chi connectivity index (χ0v) is 11.2.